The standard InChI is InChI=1S/C11H8FN3O2/c12-7-1-2-10(14-5-7)15-11(17)8-6-13-4-3-9(8)16/h1-6H,(H,13,16)(H,14,15,17). The van der Waals surface area contributed by atoms with Gasteiger partial charge >= 0.3 is 0 Å². The van der Waals surface area contributed by atoms with Gasteiger partial charge in [-0.2, -0.15) is 0 Å². The Labute approximate surface area is 95.3 Å². The molecule has 0 unspecified atom stereocenters. The fraction of sp³-hybridized carbons (Fsp3) is 0. The van der Waals surface area contributed by atoms with Gasteiger partial charge in [0, 0.05) is 18.5 Å². The molecule has 2 rings (SSSR count). The lowest BCUT2D eigenvalue weighted by Gasteiger charge is -2.02. The Hall–Kier alpha value is -2.50. The van der Waals surface area contributed by atoms with E-state index >= 15 is 0 Å². The second-order valence-corrected chi connectivity index (χ2v) is 3.24. The van der Waals surface area contributed by atoms with E-state index < -0.39 is 17.2 Å². The average Bonchev–Trinajstić information content (AvgIpc) is 2.32. The van der Waals surface area contributed by atoms with Gasteiger partial charge in [0.05, 0.1) is 6.20 Å². The number of amides is 1. The molecule has 0 fully saturated rings. The Bertz CT molecular complexity index is 592. The number of carbonyl (C=O) groups is 1. The highest BCUT2D eigenvalue weighted by Gasteiger charge is 2.09. The molecule has 0 aliphatic heterocycles. The fourth-order valence-corrected chi connectivity index (χ4v) is 1.23. The number of aromatic amines is 1. The Morgan fingerprint density at radius 2 is 2.18 bits per heavy atom. The summed E-state index contributed by atoms with van der Waals surface area (Å²) in [6, 6.07) is 3.72. The summed E-state index contributed by atoms with van der Waals surface area (Å²) >= 11 is 0. The highest BCUT2D eigenvalue weighted by Crippen LogP contribution is 2.04. The van der Waals surface area contributed by atoms with Gasteiger partial charge in [-0.25, -0.2) is 9.37 Å². The normalized spacial score (nSPS) is 9.94. The van der Waals surface area contributed by atoms with Crippen molar-refractivity contribution in [1.82, 2.24) is 9.97 Å². The van der Waals surface area contributed by atoms with Crippen LogP contribution in [0, 0.1) is 5.82 Å². The lowest BCUT2D eigenvalue weighted by atomic mass is 10.2. The molecule has 0 aliphatic rings. The number of hydrogen-bond donors (Lipinski definition) is 2. The van der Waals surface area contributed by atoms with Gasteiger partial charge in [-0.15, -0.1) is 0 Å². The number of pyridine rings is 2. The molecule has 0 spiro atoms. The van der Waals surface area contributed by atoms with Crippen molar-refractivity contribution in [3.8, 4) is 0 Å². The zero-order valence-electron chi connectivity index (χ0n) is 8.61. The van der Waals surface area contributed by atoms with Gasteiger partial charge in [0.15, 0.2) is 5.43 Å². The average molecular weight is 233 g/mol. The van der Waals surface area contributed by atoms with Crippen molar-refractivity contribution in [2.75, 3.05) is 5.32 Å². The van der Waals surface area contributed by atoms with Crippen LogP contribution in [0.15, 0.2) is 41.6 Å². The first-order chi connectivity index (χ1) is 8.16. The maximum absolute atomic E-state index is 12.6. The molecule has 17 heavy (non-hydrogen) atoms. The SMILES string of the molecule is O=C(Nc1ccc(F)cn1)c1c[nH]ccc1=O. The second-order valence-electron chi connectivity index (χ2n) is 3.24. The highest BCUT2D eigenvalue weighted by molar-refractivity contribution is 6.03. The molecular weight excluding hydrogens is 225 g/mol. The van der Waals surface area contributed by atoms with Crippen molar-refractivity contribution in [2.24, 2.45) is 0 Å². The van der Waals surface area contributed by atoms with Gasteiger partial charge in [0.25, 0.3) is 5.91 Å². The number of anilines is 1. The molecule has 0 aliphatic carbocycles. The van der Waals surface area contributed by atoms with E-state index in [9.17, 15) is 14.0 Å². The second kappa shape index (κ2) is 4.56. The van der Waals surface area contributed by atoms with Gasteiger partial charge < -0.3 is 10.3 Å². The minimum absolute atomic E-state index is 0.0291. The zero-order chi connectivity index (χ0) is 12.3. The topological polar surface area (TPSA) is 74.8 Å². The third kappa shape index (κ3) is 2.54. The third-order valence-corrected chi connectivity index (χ3v) is 2.04. The van der Waals surface area contributed by atoms with Gasteiger partial charge in [-0.3, -0.25) is 9.59 Å². The number of nitrogens with zero attached hydrogens (tertiary/aromatic N) is 1. The maximum atomic E-state index is 12.6. The van der Waals surface area contributed by atoms with Crippen molar-refractivity contribution in [2.45, 2.75) is 0 Å². The van der Waals surface area contributed by atoms with Crippen LogP contribution in [-0.4, -0.2) is 15.9 Å². The largest absolute Gasteiger partial charge is 0.367 e. The first kappa shape index (κ1) is 11.0. The maximum Gasteiger partial charge on any atom is 0.262 e. The van der Waals surface area contributed by atoms with E-state index in [0.717, 1.165) is 12.3 Å². The molecule has 0 saturated heterocycles. The van der Waals surface area contributed by atoms with Crippen LogP contribution in [0.5, 0.6) is 0 Å². The molecule has 86 valence electrons. The Morgan fingerprint density at radius 3 is 2.82 bits per heavy atom. The molecule has 2 heterocycles. The molecular formula is C11H8FN3O2. The van der Waals surface area contributed by atoms with E-state index in [1.54, 1.807) is 0 Å². The lowest BCUT2D eigenvalue weighted by molar-refractivity contribution is 0.102. The van der Waals surface area contributed by atoms with Crippen LogP contribution in [0.2, 0.25) is 0 Å². The van der Waals surface area contributed by atoms with Crippen molar-refractivity contribution in [3.63, 3.8) is 0 Å². The number of halogens is 1. The van der Waals surface area contributed by atoms with Crippen LogP contribution in [0.1, 0.15) is 10.4 Å². The first-order valence-electron chi connectivity index (χ1n) is 4.77. The van der Waals surface area contributed by atoms with E-state index in [2.05, 4.69) is 15.3 Å². The summed E-state index contributed by atoms with van der Waals surface area (Å²) in [5, 5.41) is 2.39. The summed E-state index contributed by atoms with van der Waals surface area (Å²) in [6.07, 6.45) is 3.70. The molecule has 5 nitrogen and oxygen atoms in total. The van der Waals surface area contributed by atoms with Gasteiger partial charge in [0.1, 0.15) is 17.2 Å². The van der Waals surface area contributed by atoms with Gasteiger partial charge in [-0.1, -0.05) is 0 Å². The summed E-state index contributed by atoms with van der Waals surface area (Å²) in [4.78, 5) is 29.3. The quantitative estimate of drug-likeness (QED) is 0.817. The van der Waals surface area contributed by atoms with Crippen LogP contribution >= 0.6 is 0 Å². The van der Waals surface area contributed by atoms with E-state index in [1.165, 1.54) is 24.5 Å². The first-order valence-corrected chi connectivity index (χ1v) is 4.77. The summed E-state index contributed by atoms with van der Waals surface area (Å²) in [5.41, 5.74) is -0.429. The van der Waals surface area contributed by atoms with Crippen LogP contribution in [0.3, 0.4) is 0 Å². The number of H-pyrrole nitrogens is 1. The fourth-order valence-electron chi connectivity index (χ4n) is 1.23. The minimum Gasteiger partial charge on any atom is -0.367 e. The smallest absolute Gasteiger partial charge is 0.262 e. The molecule has 2 N–H and O–H groups in total. The molecule has 1 amide bonds. The predicted molar refractivity (Wildman–Crippen MR) is 59.2 cm³/mol. The molecule has 0 bridgehead atoms. The van der Waals surface area contributed by atoms with Crippen LogP contribution in [0.4, 0.5) is 10.2 Å². The summed E-state index contributed by atoms with van der Waals surface area (Å²) in [5.74, 6) is -0.911. The van der Waals surface area contributed by atoms with E-state index in [-0.39, 0.29) is 11.4 Å². The number of aromatic nitrogens is 2. The number of hydrogen-bond acceptors (Lipinski definition) is 3. The van der Waals surface area contributed by atoms with Crippen LogP contribution in [0.25, 0.3) is 0 Å². The van der Waals surface area contributed by atoms with Crippen molar-refractivity contribution in [1.29, 1.82) is 0 Å². The monoisotopic (exact) mass is 233 g/mol. The van der Waals surface area contributed by atoms with Gasteiger partial charge in [0.2, 0.25) is 0 Å². The molecule has 0 aromatic carbocycles. The molecule has 6 heteroatoms. The zero-order valence-corrected chi connectivity index (χ0v) is 8.61. The van der Waals surface area contributed by atoms with Crippen molar-refractivity contribution in [3.05, 3.63) is 58.4 Å². The van der Waals surface area contributed by atoms with E-state index in [4.69, 9.17) is 0 Å². The minimum atomic E-state index is -0.592. The Kier molecular flexibility index (Phi) is 2.95. The Morgan fingerprint density at radius 1 is 1.35 bits per heavy atom. The molecule has 2 aromatic heterocycles. The van der Waals surface area contributed by atoms with Crippen molar-refractivity contribution >= 4 is 11.7 Å². The summed E-state index contributed by atoms with van der Waals surface area (Å²) < 4.78 is 12.6. The molecule has 0 saturated carbocycles. The van der Waals surface area contributed by atoms with Crippen LogP contribution in [-0.2, 0) is 0 Å². The number of rotatable bonds is 2. The lowest BCUT2D eigenvalue weighted by Crippen LogP contribution is -2.21. The number of carbonyl (C=O) groups excluding carboxylic acids is 1. The van der Waals surface area contributed by atoms with Crippen LogP contribution < -0.4 is 10.7 Å². The van der Waals surface area contributed by atoms with E-state index in [0.29, 0.717) is 0 Å². The third-order valence-electron chi connectivity index (χ3n) is 2.04. The van der Waals surface area contributed by atoms with E-state index in [1.807, 2.05) is 0 Å². The van der Waals surface area contributed by atoms with Crippen molar-refractivity contribution < 1.29 is 9.18 Å². The predicted octanol–water partition coefficient (Wildman–Crippen LogP) is 1.16. The summed E-state index contributed by atoms with van der Waals surface area (Å²) in [7, 11) is 0. The summed E-state index contributed by atoms with van der Waals surface area (Å²) in [6.45, 7) is 0. The van der Waals surface area contributed by atoms with Gasteiger partial charge in [-0.05, 0) is 12.1 Å². The molecule has 0 atom stereocenters. The number of nitrogens with one attached hydrogen (secondary N) is 2. The highest BCUT2D eigenvalue weighted by atomic mass is 19.1. The Balaban J connectivity index is 2.20. The molecule has 2 aromatic rings. The molecule has 0 radical (unpaired) electrons.